The van der Waals surface area contributed by atoms with Gasteiger partial charge in [-0.05, 0) is 31.7 Å². The Labute approximate surface area is 143 Å². The van der Waals surface area contributed by atoms with Gasteiger partial charge in [0, 0.05) is 26.2 Å². The fourth-order valence-electron chi connectivity index (χ4n) is 3.18. The topological polar surface area (TPSA) is 86.7 Å². The van der Waals surface area contributed by atoms with E-state index in [1.54, 1.807) is 6.92 Å². The summed E-state index contributed by atoms with van der Waals surface area (Å²) in [6.07, 6.45) is 1.43. The molecule has 6 nitrogen and oxygen atoms in total. The Kier molecular flexibility index (Phi) is 6.37. The second-order valence-corrected chi connectivity index (χ2v) is 8.34. The Hall–Kier alpha value is -1.44. The number of rotatable bonds is 7. The molecule has 1 aliphatic rings. The van der Waals surface area contributed by atoms with Gasteiger partial charge in [-0.15, -0.1) is 0 Å². The van der Waals surface area contributed by atoms with Gasteiger partial charge in [0.2, 0.25) is 15.9 Å². The molecule has 1 aliphatic heterocycles. The molecule has 2 N–H and O–H groups in total. The van der Waals surface area contributed by atoms with Gasteiger partial charge in [0.1, 0.15) is 0 Å². The Morgan fingerprint density at radius 2 is 1.88 bits per heavy atom. The zero-order valence-corrected chi connectivity index (χ0v) is 14.9. The molecule has 0 aromatic heterocycles. The quantitative estimate of drug-likeness (QED) is 0.712. The Bertz CT molecular complexity index is 638. The van der Waals surface area contributed by atoms with Crippen LogP contribution in [-0.4, -0.2) is 55.7 Å². The number of nitrogens with one attached hydrogen (secondary N) is 1. The number of aliphatic hydroxyl groups is 1. The third kappa shape index (κ3) is 3.96. The average molecular weight is 354 g/mol. The van der Waals surface area contributed by atoms with Crippen LogP contribution in [-0.2, 0) is 20.2 Å². The number of hydrogen-bond donors (Lipinski definition) is 2. The summed E-state index contributed by atoms with van der Waals surface area (Å²) >= 11 is 0. The van der Waals surface area contributed by atoms with E-state index < -0.39 is 15.4 Å². The van der Waals surface area contributed by atoms with E-state index in [2.05, 4.69) is 5.32 Å². The van der Waals surface area contributed by atoms with Gasteiger partial charge in [0.25, 0.3) is 0 Å². The highest BCUT2D eigenvalue weighted by Gasteiger charge is 2.44. The molecule has 1 aromatic carbocycles. The fourth-order valence-corrected chi connectivity index (χ4v) is 4.29. The third-order valence-corrected chi connectivity index (χ3v) is 6.60. The van der Waals surface area contributed by atoms with Crippen LogP contribution in [0.3, 0.4) is 0 Å². The third-order valence-electron chi connectivity index (χ3n) is 4.72. The number of piperidine rings is 1. The normalized spacial score (nSPS) is 18.2. The monoisotopic (exact) mass is 354 g/mol. The summed E-state index contributed by atoms with van der Waals surface area (Å²) in [5, 5.41) is 11.8. The number of carbonyl (C=O) groups excluding carboxylic acids is 1. The number of aliphatic hydroxyl groups excluding tert-OH is 1. The van der Waals surface area contributed by atoms with E-state index in [4.69, 9.17) is 5.11 Å². The molecule has 0 unspecified atom stereocenters. The van der Waals surface area contributed by atoms with Crippen LogP contribution in [0.1, 0.15) is 31.7 Å². The summed E-state index contributed by atoms with van der Waals surface area (Å²) < 4.78 is 25.6. The summed E-state index contributed by atoms with van der Waals surface area (Å²) in [6, 6.07) is 9.54. The van der Waals surface area contributed by atoms with Crippen molar-refractivity contribution in [2.24, 2.45) is 0 Å². The minimum absolute atomic E-state index is 0.0289. The molecule has 1 aromatic rings. The molecule has 0 radical (unpaired) electrons. The molecule has 0 spiro atoms. The lowest BCUT2D eigenvalue weighted by Gasteiger charge is -2.40. The van der Waals surface area contributed by atoms with Crippen molar-refractivity contribution in [1.29, 1.82) is 0 Å². The molecule has 0 saturated carbocycles. The first-order valence-corrected chi connectivity index (χ1v) is 10.00. The van der Waals surface area contributed by atoms with Gasteiger partial charge in [0.15, 0.2) is 0 Å². The summed E-state index contributed by atoms with van der Waals surface area (Å²) in [5.74, 6) is -0.00990. The maximum absolute atomic E-state index is 12.9. The summed E-state index contributed by atoms with van der Waals surface area (Å²) in [7, 11) is -3.23. The van der Waals surface area contributed by atoms with Crippen molar-refractivity contribution in [2.45, 2.75) is 31.6 Å². The molecule has 1 heterocycles. The molecule has 24 heavy (non-hydrogen) atoms. The van der Waals surface area contributed by atoms with Crippen molar-refractivity contribution in [3.8, 4) is 0 Å². The maximum Gasteiger partial charge on any atom is 0.230 e. The molecule has 134 valence electrons. The highest BCUT2D eigenvalue weighted by Crippen LogP contribution is 2.36. The maximum atomic E-state index is 12.9. The van der Waals surface area contributed by atoms with E-state index in [1.165, 1.54) is 4.31 Å². The van der Waals surface area contributed by atoms with Crippen molar-refractivity contribution in [1.82, 2.24) is 9.62 Å². The molecule has 0 aliphatic carbocycles. The number of benzene rings is 1. The van der Waals surface area contributed by atoms with Gasteiger partial charge in [0.05, 0.1) is 11.2 Å². The van der Waals surface area contributed by atoms with Crippen LogP contribution in [0.25, 0.3) is 0 Å². The predicted molar refractivity (Wildman–Crippen MR) is 93.1 cm³/mol. The summed E-state index contributed by atoms with van der Waals surface area (Å²) in [4.78, 5) is 12.9. The van der Waals surface area contributed by atoms with Crippen molar-refractivity contribution < 1.29 is 18.3 Å². The standard InChI is InChI=1S/C17H26N2O4S/c1-2-24(22,23)19-12-9-17(10-13-19,15-7-4-3-5-8-15)16(21)18-11-6-14-20/h3-5,7-8,20H,2,6,9-14H2,1H3,(H,18,21). The molecule has 0 bridgehead atoms. The molecular formula is C17H26N2O4S. The van der Waals surface area contributed by atoms with Gasteiger partial charge in [-0.3, -0.25) is 4.79 Å². The summed E-state index contributed by atoms with van der Waals surface area (Å²) in [6.45, 7) is 2.77. The van der Waals surface area contributed by atoms with Gasteiger partial charge < -0.3 is 10.4 Å². The SMILES string of the molecule is CCS(=O)(=O)N1CCC(C(=O)NCCCO)(c2ccccc2)CC1. The van der Waals surface area contributed by atoms with Gasteiger partial charge in [-0.2, -0.15) is 0 Å². The van der Waals surface area contributed by atoms with Crippen molar-refractivity contribution >= 4 is 15.9 Å². The Morgan fingerprint density at radius 3 is 2.42 bits per heavy atom. The van der Waals surface area contributed by atoms with E-state index in [-0.39, 0.29) is 18.3 Å². The van der Waals surface area contributed by atoms with E-state index in [0.717, 1.165) is 5.56 Å². The summed E-state index contributed by atoms with van der Waals surface area (Å²) in [5.41, 5.74) is 0.205. The van der Waals surface area contributed by atoms with Crippen molar-refractivity contribution in [2.75, 3.05) is 32.0 Å². The largest absolute Gasteiger partial charge is 0.396 e. The number of hydrogen-bond acceptors (Lipinski definition) is 4. The zero-order chi connectivity index (χ0) is 17.6. The first-order chi connectivity index (χ1) is 11.5. The zero-order valence-electron chi connectivity index (χ0n) is 14.1. The number of nitrogens with zero attached hydrogens (tertiary/aromatic N) is 1. The van der Waals surface area contributed by atoms with Crippen LogP contribution in [0.5, 0.6) is 0 Å². The minimum Gasteiger partial charge on any atom is -0.396 e. The van der Waals surface area contributed by atoms with E-state index in [0.29, 0.717) is 38.9 Å². The number of amides is 1. The van der Waals surface area contributed by atoms with E-state index >= 15 is 0 Å². The van der Waals surface area contributed by atoms with Crippen LogP contribution < -0.4 is 5.32 Å². The number of carbonyl (C=O) groups is 1. The van der Waals surface area contributed by atoms with E-state index in [1.807, 2.05) is 30.3 Å². The Morgan fingerprint density at radius 1 is 1.25 bits per heavy atom. The molecule has 1 saturated heterocycles. The first-order valence-electron chi connectivity index (χ1n) is 8.39. The van der Waals surface area contributed by atoms with E-state index in [9.17, 15) is 13.2 Å². The lowest BCUT2D eigenvalue weighted by atomic mass is 9.72. The minimum atomic E-state index is -3.23. The van der Waals surface area contributed by atoms with Crippen LogP contribution in [0.4, 0.5) is 0 Å². The van der Waals surface area contributed by atoms with Crippen LogP contribution >= 0.6 is 0 Å². The highest BCUT2D eigenvalue weighted by atomic mass is 32.2. The molecular weight excluding hydrogens is 328 g/mol. The van der Waals surface area contributed by atoms with Crippen LogP contribution in [0, 0.1) is 0 Å². The smallest absolute Gasteiger partial charge is 0.230 e. The highest BCUT2D eigenvalue weighted by molar-refractivity contribution is 7.89. The second-order valence-electron chi connectivity index (χ2n) is 6.08. The molecule has 1 amide bonds. The van der Waals surface area contributed by atoms with Crippen molar-refractivity contribution in [3.05, 3.63) is 35.9 Å². The lowest BCUT2D eigenvalue weighted by molar-refractivity contribution is -0.128. The molecule has 1 fully saturated rings. The van der Waals surface area contributed by atoms with Gasteiger partial charge in [-0.25, -0.2) is 12.7 Å². The van der Waals surface area contributed by atoms with Gasteiger partial charge >= 0.3 is 0 Å². The van der Waals surface area contributed by atoms with Crippen molar-refractivity contribution in [3.63, 3.8) is 0 Å². The number of sulfonamides is 1. The van der Waals surface area contributed by atoms with Gasteiger partial charge in [-0.1, -0.05) is 30.3 Å². The first kappa shape index (κ1) is 18.9. The lowest BCUT2D eigenvalue weighted by Crippen LogP contribution is -2.53. The van der Waals surface area contributed by atoms with Crippen LogP contribution in [0.15, 0.2) is 30.3 Å². The predicted octanol–water partition coefficient (Wildman–Crippen LogP) is 0.869. The fraction of sp³-hybridized carbons (Fsp3) is 0.588. The second kappa shape index (κ2) is 8.09. The molecule has 2 rings (SSSR count). The molecule has 7 heteroatoms. The molecule has 0 atom stereocenters. The Balaban J connectivity index is 2.22. The van der Waals surface area contributed by atoms with Crippen LogP contribution in [0.2, 0.25) is 0 Å². The average Bonchev–Trinajstić information content (AvgIpc) is 2.62.